The summed E-state index contributed by atoms with van der Waals surface area (Å²) in [5, 5.41) is 21.1. The number of aryl methyl sites for hydroxylation is 1. The lowest BCUT2D eigenvalue weighted by molar-refractivity contribution is -0.138. The first-order chi connectivity index (χ1) is 15.8. The van der Waals surface area contributed by atoms with Gasteiger partial charge in [0.15, 0.2) is 11.5 Å². The molecule has 2 aromatic rings. The second-order valence-electron chi connectivity index (χ2n) is 6.87. The van der Waals surface area contributed by atoms with Crippen molar-refractivity contribution < 1.29 is 29.3 Å². The minimum atomic E-state index is -0.766. The summed E-state index contributed by atoms with van der Waals surface area (Å²) in [7, 11) is 0. The molecule has 2 N–H and O–H groups in total. The fourth-order valence-electron chi connectivity index (χ4n) is 3.05. The van der Waals surface area contributed by atoms with Gasteiger partial charge in [-0.15, -0.1) is 0 Å². The Kier molecular flexibility index (Phi) is 8.20. The van der Waals surface area contributed by atoms with E-state index < -0.39 is 11.9 Å². The van der Waals surface area contributed by atoms with Crippen molar-refractivity contribution in [2.24, 2.45) is 4.99 Å². The number of benzene rings is 2. The normalized spacial score (nSPS) is 15.9. The van der Waals surface area contributed by atoms with Crippen molar-refractivity contribution in [3.05, 3.63) is 72.9 Å². The van der Waals surface area contributed by atoms with Gasteiger partial charge in [-0.25, -0.2) is 9.79 Å². The molecule has 3 rings (SSSR count). The summed E-state index contributed by atoms with van der Waals surface area (Å²) in [5.74, 6) is -1.29. The van der Waals surface area contributed by atoms with E-state index in [9.17, 15) is 19.8 Å². The van der Waals surface area contributed by atoms with Crippen LogP contribution in [0.2, 0.25) is 0 Å². The molecule has 0 bridgehead atoms. The number of halogens is 1. The zero-order valence-corrected chi connectivity index (χ0v) is 21.2. The summed E-state index contributed by atoms with van der Waals surface area (Å²) in [6.45, 7) is 5.72. The molecule has 0 atom stereocenters. The van der Waals surface area contributed by atoms with Crippen LogP contribution in [0, 0.1) is 10.5 Å². The van der Waals surface area contributed by atoms with Crippen LogP contribution >= 0.6 is 34.4 Å². The molecule has 0 saturated heterocycles. The quantitative estimate of drug-likeness (QED) is 0.349. The van der Waals surface area contributed by atoms with E-state index in [0.717, 1.165) is 17.3 Å². The summed E-state index contributed by atoms with van der Waals surface area (Å²) in [6.07, 6.45) is 1.63. The molecular formula is C24H22INO6S. The first kappa shape index (κ1) is 24.8. The minimum absolute atomic E-state index is 0.0248. The Morgan fingerprint density at radius 2 is 1.88 bits per heavy atom. The van der Waals surface area contributed by atoms with Crippen molar-refractivity contribution in [3.63, 3.8) is 0 Å². The fourth-order valence-corrected chi connectivity index (χ4v) is 4.69. The van der Waals surface area contributed by atoms with Crippen molar-refractivity contribution in [1.82, 2.24) is 0 Å². The van der Waals surface area contributed by atoms with Gasteiger partial charge in [-0.2, -0.15) is 0 Å². The number of esters is 1. The molecule has 0 fully saturated rings. The van der Waals surface area contributed by atoms with Crippen LogP contribution in [-0.4, -0.2) is 40.3 Å². The molecule has 9 heteroatoms. The maximum Gasteiger partial charge on any atom is 0.344 e. The second-order valence-corrected chi connectivity index (χ2v) is 9.07. The topological polar surface area (TPSA) is 105 Å². The predicted molar refractivity (Wildman–Crippen MR) is 137 cm³/mol. The molecule has 0 aliphatic carbocycles. The summed E-state index contributed by atoms with van der Waals surface area (Å²) >= 11 is 2.97. The van der Waals surface area contributed by atoms with Crippen molar-refractivity contribution in [3.8, 4) is 11.5 Å². The van der Waals surface area contributed by atoms with Crippen LogP contribution in [-0.2, 0) is 9.53 Å². The Hall–Kier alpha value is -2.79. The van der Waals surface area contributed by atoms with Gasteiger partial charge < -0.3 is 19.7 Å². The van der Waals surface area contributed by atoms with E-state index in [0.29, 0.717) is 32.0 Å². The summed E-state index contributed by atoms with van der Waals surface area (Å²) in [4.78, 5) is 29.8. The highest BCUT2D eigenvalue weighted by molar-refractivity contribution is 14.1. The number of phenolic OH excluding ortho intramolecular Hbond substituents is 1. The third-order valence-corrected chi connectivity index (χ3v) is 6.44. The van der Waals surface area contributed by atoms with Gasteiger partial charge in [0.1, 0.15) is 16.4 Å². The number of thioether (sulfide) groups is 1. The van der Waals surface area contributed by atoms with Gasteiger partial charge in [-0.05, 0) is 78.8 Å². The minimum Gasteiger partial charge on any atom is -0.506 e. The number of hydrogen-bond donors (Lipinski definition) is 2. The molecule has 172 valence electrons. The molecule has 2 aromatic carbocycles. The standard InChI is InChI=1S/C24H22INO6S/c1-4-31-17-11-14(10-16(25)20(17)27)12-18-21(28)19(24(30)32-5-2)23(33-18)26-22(29)15-9-7-6-8-13(15)3/h6-12,27-28H,4-5H2,1-3H3/b18-12-,26-23?. The highest BCUT2D eigenvalue weighted by Crippen LogP contribution is 2.41. The van der Waals surface area contributed by atoms with E-state index in [4.69, 9.17) is 9.47 Å². The number of aromatic hydroxyl groups is 1. The lowest BCUT2D eigenvalue weighted by Crippen LogP contribution is -2.14. The van der Waals surface area contributed by atoms with Gasteiger partial charge in [-0.3, -0.25) is 4.79 Å². The molecule has 0 radical (unpaired) electrons. The number of carbonyl (C=O) groups is 2. The van der Waals surface area contributed by atoms with Crippen LogP contribution in [0.15, 0.2) is 57.6 Å². The largest absolute Gasteiger partial charge is 0.506 e. The first-order valence-corrected chi connectivity index (χ1v) is 12.0. The van der Waals surface area contributed by atoms with E-state index >= 15 is 0 Å². The van der Waals surface area contributed by atoms with Gasteiger partial charge in [0, 0.05) is 5.56 Å². The van der Waals surface area contributed by atoms with Crippen LogP contribution in [0.4, 0.5) is 0 Å². The maximum atomic E-state index is 12.8. The lowest BCUT2D eigenvalue weighted by atomic mass is 10.1. The number of carbonyl (C=O) groups excluding carboxylic acids is 2. The average Bonchev–Trinajstić information content (AvgIpc) is 3.06. The zero-order valence-electron chi connectivity index (χ0n) is 18.2. The summed E-state index contributed by atoms with van der Waals surface area (Å²) < 4.78 is 11.1. The Balaban J connectivity index is 2.06. The Morgan fingerprint density at radius 3 is 2.55 bits per heavy atom. The molecule has 1 amide bonds. The van der Waals surface area contributed by atoms with Crippen LogP contribution in [0.5, 0.6) is 11.5 Å². The number of phenols is 1. The number of aliphatic imine (C=N–C) groups is 1. The number of amides is 1. The second kappa shape index (κ2) is 10.9. The van der Waals surface area contributed by atoms with Crippen molar-refractivity contribution in [2.75, 3.05) is 13.2 Å². The van der Waals surface area contributed by atoms with Crippen molar-refractivity contribution >= 4 is 57.3 Å². The number of aliphatic hydroxyl groups excluding tert-OH is 1. The Bertz CT molecular complexity index is 1200. The molecule has 33 heavy (non-hydrogen) atoms. The number of ether oxygens (including phenoxy) is 2. The zero-order chi connectivity index (χ0) is 24.1. The Morgan fingerprint density at radius 1 is 1.15 bits per heavy atom. The van der Waals surface area contributed by atoms with Crippen LogP contribution in [0.25, 0.3) is 6.08 Å². The number of aliphatic hydroxyl groups is 1. The van der Waals surface area contributed by atoms with Gasteiger partial charge in [0.05, 0.1) is 21.7 Å². The highest BCUT2D eigenvalue weighted by atomic mass is 127. The molecule has 0 aromatic heterocycles. The molecule has 1 aliphatic heterocycles. The number of rotatable bonds is 6. The van der Waals surface area contributed by atoms with Gasteiger partial charge >= 0.3 is 5.97 Å². The van der Waals surface area contributed by atoms with E-state index in [2.05, 4.69) is 4.99 Å². The number of nitrogens with zero attached hydrogens (tertiary/aromatic N) is 1. The third-order valence-electron chi connectivity index (χ3n) is 4.60. The van der Waals surface area contributed by atoms with Crippen LogP contribution in [0.1, 0.15) is 35.3 Å². The molecular weight excluding hydrogens is 557 g/mol. The molecule has 1 heterocycles. The van der Waals surface area contributed by atoms with Crippen molar-refractivity contribution in [2.45, 2.75) is 20.8 Å². The van der Waals surface area contributed by atoms with E-state index in [1.54, 1.807) is 57.2 Å². The Labute approximate surface area is 209 Å². The van der Waals surface area contributed by atoms with Gasteiger partial charge in [-0.1, -0.05) is 30.0 Å². The molecule has 0 saturated carbocycles. The maximum absolute atomic E-state index is 12.8. The molecule has 1 aliphatic rings. The SMILES string of the molecule is CCOC(=O)C1=C(O)/C(=C/c2cc(I)c(O)c(OCC)c2)SC1=NC(=O)c1ccccc1C. The lowest BCUT2D eigenvalue weighted by Gasteiger charge is -2.09. The predicted octanol–water partition coefficient (Wildman–Crippen LogP) is 5.41. The number of hydrogen-bond acceptors (Lipinski definition) is 7. The van der Waals surface area contributed by atoms with E-state index in [1.807, 2.05) is 28.7 Å². The average molecular weight is 579 g/mol. The van der Waals surface area contributed by atoms with Crippen LogP contribution < -0.4 is 4.74 Å². The van der Waals surface area contributed by atoms with Gasteiger partial charge in [0.25, 0.3) is 5.91 Å². The first-order valence-electron chi connectivity index (χ1n) is 10.1. The van der Waals surface area contributed by atoms with E-state index in [-0.39, 0.29) is 28.7 Å². The van der Waals surface area contributed by atoms with Gasteiger partial charge in [0.2, 0.25) is 0 Å². The molecule has 7 nitrogen and oxygen atoms in total. The molecule has 0 unspecified atom stereocenters. The monoisotopic (exact) mass is 579 g/mol. The smallest absolute Gasteiger partial charge is 0.344 e. The van der Waals surface area contributed by atoms with E-state index in [1.165, 1.54) is 0 Å². The fraction of sp³-hybridized carbons (Fsp3) is 0.208. The molecule has 0 spiro atoms. The van der Waals surface area contributed by atoms with Crippen molar-refractivity contribution in [1.29, 1.82) is 0 Å². The third kappa shape index (κ3) is 5.59. The van der Waals surface area contributed by atoms with Crippen LogP contribution in [0.3, 0.4) is 0 Å². The summed E-state index contributed by atoms with van der Waals surface area (Å²) in [6, 6.07) is 10.3. The summed E-state index contributed by atoms with van der Waals surface area (Å²) in [5.41, 5.74) is 1.62. The highest BCUT2D eigenvalue weighted by Gasteiger charge is 2.34.